The van der Waals surface area contributed by atoms with Gasteiger partial charge in [0.15, 0.2) is 0 Å². The van der Waals surface area contributed by atoms with Gasteiger partial charge in [0.05, 0.1) is 18.7 Å². The van der Waals surface area contributed by atoms with E-state index in [-0.39, 0.29) is 49.0 Å². The summed E-state index contributed by atoms with van der Waals surface area (Å²) in [7, 11) is 1.74. The number of nitrogens with two attached hydrogens (primary N) is 2. The molecular weight excluding hydrogens is 600 g/mol. The second kappa shape index (κ2) is 30.9. The molecule has 274 valence electrons. The minimum absolute atomic E-state index is 0.0215. The number of ketones is 2. The first kappa shape index (κ1) is 44.6. The number of hydrogen-bond acceptors (Lipinski definition) is 8. The van der Waals surface area contributed by atoms with Gasteiger partial charge in [0.25, 0.3) is 0 Å². The Morgan fingerprint density at radius 2 is 1.09 bits per heavy atom. The first-order valence-electron chi connectivity index (χ1n) is 18.5. The number of aliphatic carboxylic acids is 1. The quantitative estimate of drug-likeness (QED) is 0.0383. The van der Waals surface area contributed by atoms with Crippen molar-refractivity contribution in [2.24, 2.45) is 23.3 Å². The van der Waals surface area contributed by atoms with Gasteiger partial charge in [-0.2, -0.15) is 0 Å². The summed E-state index contributed by atoms with van der Waals surface area (Å²) in [5.41, 5.74) is 11.1. The highest BCUT2D eigenvalue weighted by molar-refractivity contribution is 5.84. The van der Waals surface area contributed by atoms with Crippen LogP contribution in [0.3, 0.4) is 0 Å². The molecule has 0 saturated carbocycles. The predicted octanol–water partition coefficient (Wildman–Crippen LogP) is 5.29. The number of Topliss-reactive ketones (excluding diaryl/α,β-unsaturated/α-hetero) is 2. The van der Waals surface area contributed by atoms with E-state index in [1.807, 2.05) is 0 Å². The Morgan fingerprint density at radius 3 is 1.57 bits per heavy atom. The molecule has 0 aliphatic heterocycles. The van der Waals surface area contributed by atoms with Gasteiger partial charge in [-0.1, -0.05) is 83.5 Å². The molecule has 0 radical (unpaired) electrons. The number of amides is 2. The second-order valence-corrected chi connectivity index (χ2v) is 13.2. The molecule has 0 heterocycles. The zero-order valence-electron chi connectivity index (χ0n) is 29.4. The molecule has 0 aromatic heterocycles. The molecule has 0 aliphatic rings. The minimum Gasteiger partial charge on any atom is -0.481 e. The maximum Gasteiger partial charge on any atom is 0.303 e. The third-order valence-corrected chi connectivity index (χ3v) is 9.04. The summed E-state index contributed by atoms with van der Waals surface area (Å²) in [5.74, 6) is -2.27. The molecule has 0 aliphatic carbocycles. The number of carbonyl (C=O) groups excluding carboxylic acids is 4. The molecule has 2 amide bonds. The van der Waals surface area contributed by atoms with Crippen LogP contribution >= 0.6 is 0 Å². The summed E-state index contributed by atoms with van der Waals surface area (Å²) in [6, 6.07) is 0. The molecule has 0 saturated heterocycles. The molecule has 3 atom stereocenters. The maximum atomic E-state index is 13.0. The van der Waals surface area contributed by atoms with Crippen molar-refractivity contribution in [2.75, 3.05) is 20.2 Å². The molecular formula is C36H68N4O7. The molecule has 0 fully saturated rings. The van der Waals surface area contributed by atoms with E-state index in [1.165, 1.54) is 51.4 Å². The molecule has 11 heteroatoms. The van der Waals surface area contributed by atoms with Gasteiger partial charge in [-0.3, -0.25) is 24.0 Å². The van der Waals surface area contributed by atoms with E-state index in [1.54, 1.807) is 7.05 Å². The van der Waals surface area contributed by atoms with Crippen molar-refractivity contribution in [2.45, 2.75) is 167 Å². The fraction of sp³-hybridized carbons (Fsp3) is 0.861. The number of carboxylic acid groups (broad SMARTS) is 1. The van der Waals surface area contributed by atoms with Crippen LogP contribution in [0, 0.1) is 11.8 Å². The van der Waals surface area contributed by atoms with E-state index in [0.29, 0.717) is 51.5 Å². The Bertz CT molecular complexity index is 855. The van der Waals surface area contributed by atoms with Crippen molar-refractivity contribution in [1.29, 1.82) is 0 Å². The molecule has 0 bridgehead atoms. The molecule has 47 heavy (non-hydrogen) atoms. The number of hydrogen-bond donors (Lipinski definition) is 6. The average Bonchev–Trinajstić information content (AvgIpc) is 3.04. The van der Waals surface area contributed by atoms with Crippen LogP contribution in [0.15, 0.2) is 0 Å². The van der Waals surface area contributed by atoms with Gasteiger partial charge >= 0.3 is 5.97 Å². The minimum atomic E-state index is -0.749. The van der Waals surface area contributed by atoms with Crippen molar-refractivity contribution < 1.29 is 34.2 Å². The predicted molar refractivity (Wildman–Crippen MR) is 186 cm³/mol. The molecule has 1 unspecified atom stereocenters. The van der Waals surface area contributed by atoms with Gasteiger partial charge in [0, 0.05) is 44.6 Å². The van der Waals surface area contributed by atoms with E-state index in [4.69, 9.17) is 16.6 Å². The van der Waals surface area contributed by atoms with Crippen molar-refractivity contribution in [1.82, 2.24) is 10.6 Å². The zero-order valence-corrected chi connectivity index (χ0v) is 29.4. The fourth-order valence-corrected chi connectivity index (χ4v) is 5.75. The van der Waals surface area contributed by atoms with Crippen LogP contribution < -0.4 is 22.1 Å². The van der Waals surface area contributed by atoms with Crippen molar-refractivity contribution in [3.05, 3.63) is 0 Å². The van der Waals surface area contributed by atoms with Crippen molar-refractivity contribution >= 4 is 29.4 Å². The van der Waals surface area contributed by atoms with Crippen LogP contribution in [0.1, 0.15) is 161 Å². The normalized spacial score (nSPS) is 13.2. The van der Waals surface area contributed by atoms with Crippen LogP contribution in [-0.2, 0) is 24.0 Å². The second-order valence-electron chi connectivity index (χ2n) is 13.2. The first-order chi connectivity index (χ1) is 22.6. The molecule has 0 aromatic carbocycles. The van der Waals surface area contributed by atoms with Gasteiger partial charge < -0.3 is 32.3 Å². The van der Waals surface area contributed by atoms with Gasteiger partial charge in [0.1, 0.15) is 11.6 Å². The smallest absolute Gasteiger partial charge is 0.303 e. The van der Waals surface area contributed by atoms with Gasteiger partial charge in [-0.25, -0.2) is 0 Å². The first-order valence-corrected chi connectivity index (χ1v) is 18.5. The number of unbranched alkanes of at least 4 members (excludes halogenated alkanes) is 14. The lowest BCUT2D eigenvalue weighted by Crippen LogP contribution is -2.34. The average molecular weight is 669 g/mol. The summed E-state index contributed by atoms with van der Waals surface area (Å²) in [5, 5.41) is 23.9. The Balaban J connectivity index is 4.04. The molecule has 8 N–H and O–H groups in total. The highest BCUT2D eigenvalue weighted by atomic mass is 16.4. The lowest BCUT2D eigenvalue weighted by molar-refractivity contribution is -0.137. The highest BCUT2D eigenvalue weighted by Crippen LogP contribution is 2.21. The lowest BCUT2D eigenvalue weighted by atomic mass is 9.87. The number of aliphatic hydroxyl groups is 1. The molecule has 0 rings (SSSR count). The summed E-state index contributed by atoms with van der Waals surface area (Å²) < 4.78 is 0. The Kier molecular flexibility index (Phi) is 29.4. The Labute approximate surface area is 284 Å². The van der Waals surface area contributed by atoms with E-state index in [0.717, 1.165) is 51.4 Å². The van der Waals surface area contributed by atoms with Crippen LogP contribution in [0.4, 0.5) is 0 Å². The van der Waals surface area contributed by atoms with Gasteiger partial charge in [-0.05, 0) is 52.0 Å². The third kappa shape index (κ3) is 28.4. The van der Waals surface area contributed by atoms with Crippen LogP contribution in [0.25, 0.3) is 0 Å². The fourth-order valence-electron chi connectivity index (χ4n) is 5.75. The third-order valence-electron chi connectivity index (χ3n) is 9.04. The van der Waals surface area contributed by atoms with Crippen LogP contribution in [0.2, 0.25) is 0 Å². The highest BCUT2D eigenvalue weighted by Gasteiger charge is 2.22. The topological polar surface area (TPSA) is 202 Å². The summed E-state index contributed by atoms with van der Waals surface area (Å²) >= 11 is 0. The monoisotopic (exact) mass is 669 g/mol. The lowest BCUT2D eigenvalue weighted by Gasteiger charge is -2.17. The number of primary amides is 1. The molecule has 0 aromatic rings. The summed E-state index contributed by atoms with van der Waals surface area (Å²) in [4.78, 5) is 59.5. The standard InChI is InChI=1S/C36H68N4O7/c1-39-33(37)26-24-31(42)23-21-29(32(43)25-22-30(28-41)36(38)47)18-16-17-27-40-34(44)19-14-12-10-8-6-4-2-3-5-7-9-11-13-15-20-35(45)46/h29-30,33,39,41H,2-28,37H2,1H3,(H2,38,47)(H,40,44)(H,45,46)/t29-,30+,33?/m0/s1. The Morgan fingerprint density at radius 1 is 0.596 bits per heavy atom. The summed E-state index contributed by atoms with van der Waals surface area (Å²) in [6.07, 6.45) is 20.7. The SMILES string of the molecule is CNC(N)CCC(=O)CC[C@H](CCCCNC(=O)CCCCCCCCCCCCCCCCC(=O)O)C(=O)CC[C@H](CO)C(N)=O. The van der Waals surface area contributed by atoms with Crippen molar-refractivity contribution in [3.63, 3.8) is 0 Å². The number of rotatable bonds is 35. The Hall–Kier alpha value is -2.37. The maximum absolute atomic E-state index is 13.0. The number of carboxylic acids is 1. The molecule has 11 nitrogen and oxygen atoms in total. The van der Waals surface area contributed by atoms with E-state index in [9.17, 15) is 29.1 Å². The van der Waals surface area contributed by atoms with E-state index >= 15 is 0 Å². The largest absolute Gasteiger partial charge is 0.481 e. The zero-order chi connectivity index (χ0) is 35.1. The van der Waals surface area contributed by atoms with Crippen molar-refractivity contribution in [3.8, 4) is 0 Å². The van der Waals surface area contributed by atoms with E-state index < -0.39 is 17.8 Å². The van der Waals surface area contributed by atoms with Gasteiger partial charge in [0.2, 0.25) is 11.8 Å². The number of aliphatic hydroxyl groups excluding tert-OH is 1. The number of carbonyl (C=O) groups is 5. The van der Waals surface area contributed by atoms with Gasteiger partial charge in [-0.15, -0.1) is 0 Å². The molecule has 0 spiro atoms. The summed E-state index contributed by atoms with van der Waals surface area (Å²) in [6.45, 7) is 0.166. The van der Waals surface area contributed by atoms with Crippen LogP contribution in [0.5, 0.6) is 0 Å². The number of nitrogens with one attached hydrogen (secondary N) is 2. The van der Waals surface area contributed by atoms with E-state index in [2.05, 4.69) is 10.6 Å². The van der Waals surface area contributed by atoms with Crippen LogP contribution in [-0.4, -0.2) is 65.9 Å².